The number of nitrogens with two attached hydrogens (primary N) is 2. The quantitative estimate of drug-likeness (QED) is 0.832. The van der Waals surface area contributed by atoms with Gasteiger partial charge in [-0.2, -0.15) is 0 Å². The van der Waals surface area contributed by atoms with Gasteiger partial charge >= 0.3 is 0 Å². The normalized spacial score (nSPS) is 16.3. The van der Waals surface area contributed by atoms with E-state index in [-0.39, 0.29) is 0 Å². The van der Waals surface area contributed by atoms with Gasteiger partial charge in [-0.15, -0.1) is 11.8 Å². The molecular formula is C21H29N3S. The minimum Gasteiger partial charge on any atom is -0.326 e. The molecule has 0 radical (unpaired) electrons. The van der Waals surface area contributed by atoms with Gasteiger partial charge in [0.25, 0.3) is 0 Å². The molecule has 2 aromatic rings. The van der Waals surface area contributed by atoms with Crippen LogP contribution in [0.5, 0.6) is 0 Å². The zero-order valence-electron chi connectivity index (χ0n) is 15.3. The van der Waals surface area contributed by atoms with E-state index in [9.17, 15) is 0 Å². The van der Waals surface area contributed by atoms with Crippen molar-refractivity contribution in [3.05, 3.63) is 69.8 Å². The number of rotatable bonds is 6. The van der Waals surface area contributed by atoms with E-state index in [0.29, 0.717) is 19.1 Å². The summed E-state index contributed by atoms with van der Waals surface area (Å²) in [5, 5.41) is 0. The first-order valence-corrected chi connectivity index (χ1v) is 10.2. The first kappa shape index (κ1) is 18.5. The van der Waals surface area contributed by atoms with E-state index in [4.69, 9.17) is 11.5 Å². The number of thioether (sulfide) groups is 1. The second-order valence-corrected chi connectivity index (χ2v) is 8.03. The zero-order chi connectivity index (χ0) is 17.8. The van der Waals surface area contributed by atoms with Gasteiger partial charge in [0, 0.05) is 37.3 Å². The third-order valence-corrected chi connectivity index (χ3v) is 6.01. The molecule has 0 spiro atoms. The lowest BCUT2D eigenvalue weighted by Gasteiger charge is -2.30. The SMILES string of the molecule is Cc1cc(C)cc(CC(c2cccc(CN)c2CN)N2CCSC2)c1. The van der Waals surface area contributed by atoms with Crippen molar-refractivity contribution in [1.82, 2.24) is 4.90 Å². The molecule has 0 saturated carbocycles. The van der Waals surface area contributed by atoms with Crippen molar-refractivity contribution in [2.75, 3.05) is 18.2 Å². The Hall–Kier alpha value is -1.33. The van der Waals surface area contributed by atoms with Crippen LogP contribution in [0, 0.1) is 13.8 Å². The van der Waals surface area contributed by atoms with Crippen molar-refractivity contribution in [1.29, 1.82) is 0 Å². The van der Waals surface area contributed by atoms with Gasteiger partial charge in [-0.3, -0.25) is 4.90 Å². The second-order valence-electron chi connectivity index (χ2n) is 6.96. The monoisotopic (exact) mass is 355 g/mol. The van der Waals surface area contributed by atoms with E-state index in [1.807, 2.05) is 11.8 Å². The van der Waals surface area contributed by atoms with Gasteiger partial charge in [-0.05, 0) is 42.5 Å². The van der Waals surface area contributed by atoms with Gasteiger partial charge in [0.15, 0.2) is 0 Å². The summed E-state index contributed by atoms with van der Waals surface area (Å²) in [5.74, 6) is 2.30. The number of aryl methyl sites for hydroxylation is 2. The molecule has 1 unspecified atom stereocenters. The Morgan fingerprint density at radius 2 is 1.84 bits per heavy atom. The lowest BCUT2D eigenvalue weighted by atomic mass is 9.90. The highest BCUT2D eigenvalue weighted by atomic mass is 32.2. The highest BCUT2D eigenvalue weighted by Crippen LogP contribution is 2.33. The molecule has 0 aromatic heterocycles. The first-order valence-electron chi connectivity index (χ1n) is 9.02. The Morgan fingerprint density at radius 1 is 1.08 bits per heavy atom. The highest BCUT2D eigenvalue weighted by molar-refractivity contribution is 7.99. The van der Waals surface area contributed by atoms with Crippen molar-refractivity contribution in [3.63, 3.8) is 0 Å². The summed E-state index contributed by atoms with van der Waals surface area (Å²) in [7, 11) is 0. The average molecular weight is 356 g/mol. The van der Waals surface area contributed by atoms with Gasteiger partial charge in [0.2, 0.25) is 0 Å². The molecule has 134 valence electrons. The van der Waals surface area contributed by atoms with Crippen molar-refractivity contribution in [2.24, 2.45) is 11.5 Å². The maximum absolute atomic E-state index is 6.13. The van der Waals surface area contributed by atoms with Crippen LogP contribution in [0.15, 0.2) is 36.4 Å². The Kier molecular flexibility index (Phi) is 6.18. The van der Waals surface area contributed by atoms with Crippen LogP contribution in [0.1, 0.15) is 39.4 Å². The molecule has 1 heterocycles. The topological polar surface area (TPSA) is 55.3 Å². The maximum atomic E-state index is 6.13. The molecule has 3 rings (SSSR count). The minimum atomic E-state index is 0.362. The number of hydrogen-bond donors (Lipinski definition) is 2. The number of nitrogens with zero attached hydrogens (tertiary/aromatic N) is 1. The van der Waals surface area contributed by atoms with E-state index < -0.39 is 0 Å². The Labute approximate surface area is 155 Å². The predicted octanol–water partition coefficient (Wildman–Crippen LogP) is 3.51. The van der Waals surface area contributed by atoms with Gasteiger partial charge in [0.1, 0.15) is 0 Å². The fourth-order valence-corrected chi connectivity index (χ4v) is 4.96. The fraction of sp³-hybridized carbons (Fsp3) is 0.429. The van der Waals surface area contributed by atoms with E-state index >= 15 is 0 Å². The Balaban J connectivity index is 2.01. The molecular weight excluding hydrogens is 326 g/mol. The molecule has 3 nitrogen and oxygen atoms in total. The van der Waals surface area contributed by atoms with Gasteiger partial charge < -0.3 is 11.5 Å². The predicted molar refractivity (Wildman–Crippen MR) is 109 cm³/mol. The molecule has 0 amide bonds. The van der Waals surface area contributed by atoms with E-state index in [1.54, 1.807) is 0 Å². The number of hydrogen-bond acceptors (Lipinski definition) is 4. The fourth-order valence-electron chi connectivity index (χ4n) is 3.93. The number of benzene rings is 2. The van der Waals surface area contributed by atoms with Gasteiger partial charge in [0.05, 0.1) is 0 Å². The lowest BCUT2D eigenvalue weighted by molar-refractivity contribution is 0.256. The third kappa shape index (κ3) is 4.26. The molecule has 1 saturated heterocycles. The van der Waals surface area contributed by atoms with Gasteiger partial charge in [-0.1, -0.05) is 47.5 Å². The van der Waals surface area contributed by atoms with E-state index in [1.165, 1.54) is 39.1 Å². The van der Waals surface area contributed by atoms with Crippen LogP contribution >= 0.6 is 11.8 Å². The van der Waals surface area contributed by atoms with E-state index in [0.717, 1.165) is 18.8 Å². The molecule has 25 heavy (non-hydrogen) atoms. The molecule has 2 aromatic carbocycles. The summed E-state index contributed by atoms with van der Waals surface area (Å²) in [4.78, 5) is 2.59. The third-order valence-electron chi connectivity index (χ3n) is 5.02. The van der Waals surface area contributed by atoms with Crippen LogP contribution in [0.2, 0.25) is 0 Å². The van der Waals surface area contributed by atoms with Crippen LogP contribution in [-0.4, -0.2) is 23.1 Å². The van der Waals surface area contributed by atoms with Crippen molar-refractivity contribution >= 4 is 11.8 Å². The van der Waals surface area contributed by atoms with Gasteiger partial charge in [-0.25, -0.2) is 0 Å². The minimum absolute atomic E-state index is 0.362. The molecule has 1 fully saturated rings. The molecule has 1 atom stereocenters. The first-order chi connectivity index (χ1) is 12.1. The highest BCUT2D eigenvalue weighted by Gasteiger charge is 2.26. The molecule has 1 aliphatic heterocycles. The average Bonchev–Trinajstić information content (AvgIpc) is 3.12. The molecule has 1 aliphatic rings. The van der Waals surface area contributed by atoms with Crippen LogP contribution in [0.25, 0.3) is 0 Å². The zero-order valence-corrected chi connectivity index (χ0v) is 16.1. The maximum Gasteiger partial charge on any atom is 0.0451 e. The molecule has 4 N–H and O–H groups in total. The Morgan fingerprint density at radius 3 is 2.44 bits per heavy atom. The van der Waals surface area contributed by atoms with Crippen LogP contribution in [0.3, 0.4) is 0 Å². The molecule has 0 aliphatic carbocycles. The summed E-state index contributed by atoms with van der Waals surface area (Å²) in [6.45, 7) is 6.59. The van der Waals surface area contributed by atoms with Crippen molar-refractivity contribution in [3.8, 4) is 0 Å². The van der Waals surface area contributed by atoms with Crippen LogP contribution < -0.4 is 11.5 Å². The van der Waals surface area contributed by atoms with Crippen LogP contribution in [0.4, 0.5) is 0 Å². The molecule has 0 bridgehead atoms. The second kappa shape index (κ2) is 8.37. The van der Waals surface area contributed by atoms with E-state index in [2.05, 4.69) is 55.1 Å². The smallest absolute Gasteiger partial charge is 0.0451 e. The summed E-state index contributed by atoms with van der Waals surface area (Å²) in [5.41, 5.74) is 19.9. The van der Waals surface area contributed by atoms with Crippen molar-refractivity contribution < 1.29 is 0 Å². The van der Waals surface area contributed by atoms with Crippen molar-refractivity contribution in [2.45, 2.75) is 39.4 Å². The lowest BCUT2D eigenvalue weighted by Crippen LogP contribution is -2.29. The summed E-state index contributed by atoms with van der Waals surface area (Å²) < 4.78 is 0. The summed E-state index contributed by atoms with van der Waals surface area (Å²) in [6.07, 6.45) is 1.02. The standard InChI is InChI=1S/C21H29N3S/c1-15-8-16(2)10-17(9-15)11-21(24-6-7-25-14-24)19-5-3-4-18(12-22)20(19)13-23/h3-5,8-10,21H,6-7,11-14,22-23H2,1-2H3. The molecule has 4 heteroatoms. The Bertz CT molecular complexity index is 703. The summed E-state index contributed by atoms with van der Waals surface area (Å²) in [6, 6.07) is 13.7. The van der Waals surface area contributed by atoms with Crippen LogP contribution in [-0.2, 0) is 19.5 Å². The summed E-state index contributed by atoms with van der Waals surface area (Å²) >= 11 is 2.02. The largest absolute Gasteiger partial charge is 0.326 e.